The standard InChI is InChI=1S/C13H18BrFN2O.ClH/c14-12-9-10(15)1-2-11(12)13(3-8-18)17-6-4-16-5-7-17;/h1-2,9,13,16,18H,3-8H2;1H/t13-;/m1./s1. The Morgan fingerprint density at radius 1 is 1.37 bits per heavy atom. The molecule has 2 N–H and O–H groups in total. The first-order valence-electron chi connectivity index (χ1n) is 6.23. The molecule has 6 heteroatoms. The second kappa shape index (κ2) is 8.17. The zero-order chi connectivity index (χ0) is 13.0. The molecular weight excluding hydrogens is 335 g/mol. The number of rotatable bonds is 4. The second-order valence-corrected chi connectivity index (χ2v) is 5.33. The van der Waals surface area contributed by atoms with Crippen molar-refractivity contribution in [2.75, 3.05) is 32.8 Å². The van der Waals surface area contributed by atoms with Crippen LogP contribution in [0.3, 0.4) is 0 Å². The average Bonchev–Trinajstić information content (AvgIpc) is 2.38. The molecule has 1 saturated heterocycles. The molecule has 0 saturated carbocycles. The van der Waals surface area contributed by atoms with Gasteiger partial charge in [-0.25, -0.2) is 4.39 Å². The third-order valence-electron chi connectivity index (χ3n) is 3.32. The molecule has 2 rings (SSSR count). The lowest BCUT2D eigenvalue weighted by Gasteiger charge is -2.35. The van der Waals surface area contributed by atoms with Gasteiger partial charge in [0.1, 0.15) is 5.82 Å². The molecule has 1 heterocycles. The molecule has 0 spiro atoms. The first-order valence-corrected chi connectivity index (χ1v) is 7.02. The number of hydrogen-bond acceptors (Lipinski definition) is 3. The van der Waals surface area contributed by atoms with Crippen LogP contribution in [0.1, 0.15) is 18.0 Å². The lowest BCUT2D eigenvalue weighted by atomic mass is 10.0. The number of aliphatic hydroxyl groups is 1. The van der Waals surface area contributed by atoms with Crippen molar-refractivity contribution in [3.63, 3.8) is 0 Å². The molecule has 108 valence electrons. The van der Waals surface area contributed by atoms with E-state index in [1.807, 2.05) is 6.07 Å². The zero-order valence-electron chi connectivity index (χ0n) is 10.6. The number of halogens is 3. The summed E-state index contributed by atoms with van der Waals surface area (Å²) in [4.78, 5) is 2.34. The Bertz CT molecular complexity index is 402. The van der Waals surface area contributed by atoms with Gasteiger partial charge in [-0.05, 0) is 24.1 Å². The van der Waals surface area contributed by atoms with Crippen LogP contribution in [0.25, 0.3) is 0 Å². The zero-order valence-corrected chi connectivity index (χ0v) is 13.0. The van der Waals surface area contributed by atoms with Crippen molar-refractivity contribution in [1.82, 2.24) is 10.2 Å². The fourth-order valence-electron chi connectivity index (χ4n) is 2.42. The summed E-state index contributed by atoms with van der Waals surface area (Å²) in [6, 6.07) is 4.92. The summed E-state index contributed by atoms with van der Waals surface area (Å²) in [5.74, 6) is -0.242. The topological polar surface area (TPSA) is 35.5 Å². The van der Waals surface area contributed by atoms with Gasteiger partial charge in [0.2, 0.25) is 0 Å². The summed E-state index contributed by atoms with van der Waals surface area (Å²) < 4.78 is 13.9. The fraction of sp³-hybridized carbons (Fsp3) is 0.538. The predicted molar refractivity (Wildman–Crippen MR) is 80.2 cm³/mol. The number of benzene rings is 1. The summed E-state index contributed by atoms with van der Waals surface area (Å²) in [5.41, 5.74) is 1.05. The maximum atomic E-state index is 13.1. The van der Waals surface area contributed by atoms with Crippen LogP contribution >= 0.6 is 28.3 Å². The van der Waals surface area contributed by atoms with Crippen molar-refractivity contribution in [2.24, 2.45) is 0 Å². The number of nitrogens with one attached hydrogen (secondary N) is 1. The molecule has 1 aromatic carbocycles. The fourth-order valence-corrected chi connectivity index (χ4v) is 3.04. The third-order valence-corrected chi connectivity index (χ3v) is 4.00. The van der Waals surface area contributed by atoms with Crippen LogP contribution < -0.4 is 5.32 Å². The third kappa shape index (κ3) is 4.39. The van der Waals surface area contributed by atoms with Crippen LogP contribution in [-0.4, -0.2) is 42.8 Å². The van der Waals surface area contributed by atoms with Gasteiger partial charge in [-0.3, -0.25) is 4.90 Å². The van der Waals surface area contributed by atoms with Gasteiger partial charge in [0.15, 0.2) is 0 Å². The first-order chi connectivity index (χ1) is 8.72. The average molecular weight is 354 g/mol. The van der Waals surface area contributed by atoms with Gasteiger partial charge in [0.25, 0.3) is 0 Å². The number of hydrogen-bond donors (Lipinski definition) is 2. The van der Waals surface area contributed by atoms with E-state index in [0.717, 1.165) is 36.2 Å². The van der Waals surface area contributed by atoms with Crippen LogP contribution in [0.5, 0.6) is 0 Å². The van der Waals surface area contributed by atoms with Crippen molar-refractivity contribution in [2.45, 2.75) is 12.5 Å². The lowest BCUT2D eigenvalue weighted by molar-refractivity contribution is 0.140. The molecule has 1 fully saturated rings. The summed E-state index contributed by atoms with van der Waals surface area (Å²) in [5, 5.41) is 12.6. The minimum atomic E-state index is -0.242. The molecule has 0 aromatic heterocycles. The van der Waals surface area contributed by atoms with E-state index in [2.05, 4.69) is 26.1 Å². The molecule has 1 atom stereocenters. The van der Waals surface area contributed by atoms with Gasteiger partial charge in [0.05, 0.1) is 0 Å². The highest BCUT2D eigenvalue weighted by Gasteiger charge is 2.23. The Kier molecular flexibility index (Phi) is 7.25. The van der Waals surface area contributed by atoms with E-state index in [9.17, 15) is 9.50 Å². The summed E-state index contributed by atoms with van der Waals surface area (Å²) in [6.45, 7) is 3.96. The molecule has 0 aliphatic carbocycles. The van der Waals surface area contributed by atoms with Gasteiger partial charge in [-0.2, -0.15) is 0 Å². The second-order valence-electron chi connectivity index (χ2n) is 4.48. The van der Waals surface area contributed by atoms with E-state index in [1.54, 1.807) is 0 Å². The van der Waals surface area contributed by atoms with E-state index < -0.39 is 0 Å². The van der Waals surface area contributed by atoms with E-state index >= 15 is 0 Å². The molecule has 19 heavy (non-hydrogen) atoms. The Hall–Kier alpha value is -0.200. The monoisotopic (exact) mass is 352 g/mol. The molecule has 3 nitrogen and oxygen atoms in total. The van der Waals surface area contributed by atoms with Crippen LogP contribution in [0.2, 0.25) is 0 Å². The van der Waals surface area contributed by atoms with E-state index in [-0.39, 0.29) is 30.9 Å². The number of nitrogens with zero attached hydrogens (tertiary/aromatic N) is 1. The van der Waals surface area contributed by atoms with Crippen molar-refractivity contribution in [1.29, 1.82) is 0 Å². The van der Waals surface area contributed by atoms with Gasteiger partial charge in [0, 0.05) is 43.3 Å². The molecule has 0 bridgehead atoms. The van der Waals surface area contributed by atoms with Crippen LogP contribution in [0.4, 0.5) is 4.39 Å². The lowest BCUT2D eigenvalue weighted by Crippen LogP contribution is -2.45. The maximum Gasteiger partial charge on any atom is 0.124 e. The van der Waals surface area contributed by atoms with Gasteiger partial charge in [-0.15, -0.1) is 12.4 Å². The molecule has 1 aliphatic rings. The smallest absolute Gasteiger partial charge is 0.124 e. The largest absolute Gasteiger partial charge is 0.396 e. The van der Waals surface area contributed by atoms with Gasteiger partial charge >= 0.3 is 0 Å². The highest BCUT2D eigenvalue weighted by atomic mass is 79.9. The summed E-state index contributed by atoms with van der Waals surface area (Å²) in [6.07, 6.45) is 0.671. The number of aliphatic hydroxyl groups excluding tert-OH is 1. The van der Waals surface area contributed by atoms with Gasteiger partial charge < -0.3 is 10.4 Å². The Morgan fingerprint density at radius 3 is 2.63 bits per heavy atom. The van der Waals surface area contributed by atoms with Gasteiger partial charge in [-0.1, -0.05) is 22.0 Å². The SMILES string of the molecule is Cl.OCC[C@H](c1ccc(F)cc1Br)N1CCNCC1. The Labute approximate surface area is 127 Å². The predicted octanol–water partition coefficient (Wildman–Crippen LogP) is 2.34. The molecule has 0 amide bonds. The molecular formula is C13H19BrClFN2O. The van der Waals surface area contributed by atoms with Crippen molar-refractivity contribution in [3.8, 4) is 0 Å². The van der Waals surface area contributed by atoms with Crippen molar-refractivity contribution < 1.29 is 9.50 Å². The molecule has 0 radical (unpaired) electrons. The normalized spacial score (nSPS) is 17.8. The van der Waals surface area contributed by atoms with Crippen molar-refractivity contribution in [3.05, 3.63) is 34.1 Å². The highest BCUT2D eigenvalue weighted by molar-refractivity contribution is 9.10. The van der Waals surface area contributed by atoms with E-state index in [1.165, 1.54) is 12.1 Å². The van der Waals surface area contributed by atoms with E-state index in [0.29, 0.717) is 6.42 Å². The summed E-state index contributed by atoms with van der Waals surface area (Å²) in [7, 11) is 0. The molecule has 1 aromatic rings. The van der Waals surface area contributed by atoms with Crippen LogP contribution in [0, 0.1) is 5.82 Å². The minimum Gasteiger partial charge on any atom is -0.396 e. The van der Waals surface area contributed by atoms with Crippen LogP contribution in [0.15, 0.2) is 22.7 Å². The summed E-state index contributed by atoms with van der Waals surface area (Å²) >= 11 is 3.42. The Morgan fingerprint density at radius 2 is 2.05 bits per heavy atom. The minimum absolute atomic E-state index is 0. The quantitative estimate of drug-likeness (QED) is 0.872. The maximum absolute atomic E-state index is 13.1. The molecule has 0 unspecified atom stereocenters. The number of piperazine rings is 1. The van der Waals surface area contributed by atoms with E-state index in [4.69, 9.17) is 0 Å². The molecule has 1 aliphatic heterocycles. The Balaban J connectivity index is 0.00000180. The van der Waals surface area contributed by atoms with Crippen molar-refractivity contribution >= 4 is 28.3 Å². The first kappa shape index (κ1) is 16.9. The van der Waals surface area contributed by atoms with Crippen LogP contribution in [-0.2, 0) is 0 Å². The highest BCUT2D eigenvalue weighted by Crippen LogP contribution is 2.31.